The molecule has 0 saturated heterocycles. The maximum Gasteiger partial charge on any atom is 0.0473 e. The van der Waals surface area contributed by atoms with Gasteiger partial charge in [0.15, 0.2) is 0 Å². The summed E-state index contributed by atoms with van der Waals surface area (Å²) in [5, 5.41) is 2.98. The highest BCUT2D eigenvalue weighted by Gasteiger charge is 2.09. The van der Waals surface area contributed by atoms with Gasteiger partial charge in [0.1, 0.15) is 0 Å². The third-order valence-electron chi connectivity index (χ3n) is 1.41. The van der Waals surface area contributed by atoms with E-state index in [-0.39, 0.29) is 0 Å². The van der Waals surface area contributed by atoms with Crippen LogP contribution in [0, 0.1) is 0 Å². The van der Waals surface area contributed by atoms with Gasteiger partial charge in [-0.3, -0.25) is 0 Å². The van der Waals surface area contributed by atoms with Gasteiger partial charge < -0.3 is 4.74 Å². The van der Waals surface area contributed by atoms with Crippen LogP contribution in [0.1, 0.15) is 12.8 Å². The minimum Gasteiger partial charge on any atom is -0.385 e. The molecule has 0 bridgehead atoms. The molecule has 1 nitrogen and oxygen atoms in total. The number of allylic oxidation sites excluding steroid dienone is 1. The fourth-order valence-electron chi connectivity index (χ4n) is 0.865. The molecule has 1 rings (SSSR count). The first-order valence-electron chi connectivity index (χ1n) is 3.23. The number of hydrogen-bond donors (Lipinski definition) is 0. The molecule has 0 amide bonds. The first-order chi connectivity index (χ1) is 4.43. The topological polar surface area (TPSA) is 9.23 Å². The number of methoxy groups -OCH3 is 1. The fraction of sp³-hybridized carbons (Fsp3) is 0.714. The van der Waals surface area contributed by atoms with Gasteiger partial charge in [-0.25, -0.2) is 0 Å². The molecule has 0 saturated carbocycles. The lowest BCUT2D eigenvalue weighted by Gasteiger charge is -2.05. The van der Waals surface area contributed by atoms with E-state index >= 15 is 0 Å². The van der Waals surface area contributed by atoms with Crippen LogP contribution in [-0.2, 0) is 4.74 Å². The van der Waals surface area contributed by atoms with Gasteiger partial charge in [0.2, 0.25) is 0 Å². The van der Waals surface area contributed by atoms with Crippen molar-refractivity contribution in [2.24, 2.45) is 0 Å². The Morgan fingerprint density at radius 3 is 3.22 bits per heavy atom. The fourth-order valence-corrected chi connectivity index (χ4v) is 1.76. The zero-order valence-corrected chi connectivity index (χ0v) is 6.49. The lowest BCUT2D eigenvalue weighted by atomic mass is 10.2. The van der Waals surface area contributed by atoms with Crippen molar-refractivity contribution in [1.82, 2.24) is 0 Å². The molecule has 0 spiro atoms. The van der Waals surface area contributed by atoms with Crippen LogP contribution in [0.15, 0.2) is 11.5 Å². The molecule has 1 atom stereocenters. The Labute approximate surface area is 60.5 Å². The maximum atomic E-state index is 4.96. The van der Waals surface area contributed by atoms with Crippen molar-refractivity contribution < 1.29 is 4.74 Å². The SMILES string of the molecule is COCCC1CC=CS1. The molecule has 0 radical (unpaired) electrons. The Balaban J connectivity index is 2.01. The summed E-state index contributed by atoms with van der Waals surface area (Å²) < 4.78 is 4.96. The standard InChI is InChI=1S/C7H12OS/c1-8-5-4-7-3-2-6-9-7/h2,6-7H,3-5H2,1H3. The molecule has 9 heavy (non-hydrogen) atoms. The minimum atomic E-state index is 0.796. The van der Waals surface area contributed by atoms with Gasteiger partial charge in [0.25, 0.3) is 0 Å². The smallest absolute Gasteiger partial charge is 0.0473 e. The van der Waals surface area contributed by atoms with Crippen LogP contribution in [0.4, 0.5) is 0 Å². The second kappa shape index (κ2) is 3.96. The van der Waals surface area contributed by atoms with E-state index in [0.717, 1.165) is 11.9 Å². The van der Waals surface area contributed by atoms with Crippen molar-refractivity contribution >= 4 is 11.8 Å². The Hall–Kier alpha value is 0.0500. The Bertz CT molecular complexity index is 93.1. The van der Waals surface area contributed by atoms with Crippen molar-refractivity contribution in [3.8, 4) is 0 Å². The minimum absolute atomic E-state index is 0.796. The Kier molecular flexibility index (Phi) is 3.15. The molecule has 0 aromatic rings. The summed E-state index contributed by atoms with van der Waals surface area (Å²) in [6, 6.07) is 0. The van der Waals surface area contributed by atoms with Crippen molar-refractivity contribution in [3.05, 3.63) is 11.5 Å². The molecular weight excluding hydrogens is 132 g/mol. The quantitative estimate of drug-likeness (QED) is 0.599. The lowest BCUT2D eigenvalue weighted by Crippen LogP contribution is -2.01. The Morgan fingerprint density at radius 2 is 2.67 bits per heavy atom. The molecule has 0 aliphatic carbocycles. The highest BCUT2D eigenvalue weighted by Crippen LogP contribution is 2.26. The van der Waals surface area contributed by atoms with Crippen molar-refractivity contribution in [1.29, 1.82) is 0 Å². The second-order valence-electron chi connectivity index (χ2n) is 2.15. The van der Waals surface area contributed by atoms with Crippen LogP contribution in [0.3, 0.4) is 0 Å². The van der Waals surface area contributed by atoms with E-state index in [2.05, 4.69) is 11.5 Å². The monoisotopic (exact) mass is 144 g/mol. The molecule has 1 heterocycles. The first kappa shape index (κ1) is 7.16. The average Bonchev–Trinajstić information content (AvgIpc) is 2.34. The molecule has 0 aromatic carbocycles. The van der Waals surface area contributed by atoms with E-state index in [1.54, 1.807) is 7.11 Å². The van der Waals surface area contributed by atoms with Gasteiger partial charge in [0.05, 0.1) is 0 Å². The number of rotatable bonds is 3. The molecule has 1 unspecified atom stereocenters. The largest absolute Gasteiger partial charge is 0.385 e. The molecule has 0 aromatic heterocycles. The molecule has 1 aliphatic rings. The highest BCUT2D eigenvalue weighted by molar-refractivity contribution is 8.03. The highest BCUT2D eigenvalue weighted by atomic mass is 32.2. The normalized spacial score (nSPS) is 25.2. The van der Waals surface area contributed by atoms with Crippen molar-refractivity contribution in [2.45, 2.75) is 18.1 Å². The number of thioether (sulfide) groups is 1. The summed E-state index contributed by atoms with van der Waals surface area (Å²) in [6.45, 7) is 0.902. The van der Waals surface area contributed by atoms with E-state index in [4.69, 9.17) is 4.74 Å². The van der Waals surface area contributed by atoms with Crippen LogP contribution >= 0.6 is 11.8 Å². The molecule has 0 fully saturated rings. The second-order valence-corrected chi connectivity index (χ2v) is 3.36. The van der Waals surface area contributed by atoms with Gasteiger partial charge in [-0.15, -0.1) is 11.8 Å². The molecule has 2 heteroatoms. The van der Waals surface area contributed by atoms with Crippen LogP contribution in [0.5, 0.6) is 0 Å². The summed E-state index contributed by atoms with van der Waals surface area (Å²) >= 11 is 1.92. The van der Waals surface area contributed by atoms with Crippen LogP contribution in [0.2, 0.25) is 0 Å². The van der Waals surface area contributed by atoms with E-state index in [1.165, 1.54) is 12.8 Å². The summed E-state index contributed by atoms with van der Waals surface area (Å²) in [7, 11) is 1.76. The van der Waals surface area contributed by atoms with Gasteiger partial charge in [-0.2, -0.15) is 0 Å². The maximum absolute atomic E-state index is 4.96. The third kappa shape index (κ3) is 2.41. The third-order valence-corrected chi connectivity index (χ3v) is 2.57. The summed E-state index contributed by atoms with van der Waals surface area (Å²) in [4.78, 5) is 0. The van der Waals surface area contributed by atoms with Gasteiger partial charge in [-0.1, -0.05) is 6.08 Å². The lowest BCUT2D eigenvalue weighted by molar-refractivity contribution is 0.194. The molecule has 52 valence electrons. The van der Waals surface area contributed by atoms with Crippen molar-refractivity contribution in [3.63, 3.8) is 0 Å². The summed E-state index contributed by atoms with van der Waals surface area (Å²) in [6.07, 6.45) is 4.65. The molecule has 1 aliphatic heterocycles. The van der Waals surface area contributed by atoms with E-state index in [1.807, 2.05) is 11.8 Å². The predicted octanol–water partition coefficient (Wildman–Crippen LogP) is 2.04. The summed E-state index contributed by atoms with van der Waals surface area (Å²) in [5.74, 6) is 0. The van der Waals surface area contributed by atoms with Gasteiger partial charge >= 0.3 is 0 Å². The van der Waals surface area contributed by atoms with E-state index in [0.29, 0.717) is 0 Å². The van der Waals surface area contributed by atoms with Gasteiger partial charge in [0, 0.05) is 19.0 Å². The molecule has 0 N–H and O–H groups in total. The first-order valence-corrected chi connectivity index (χ1v) is 4.17. The van der Waals surface area contributed by atoms with E-state index < -0.39 is 0 Å². The molecular formula is C7H12OS. The van der Waals surface area contributed by atoms with Crippen LogP contribution in [-0.4, -0.2) is 19.0 Å². The van der Waals surface area contributed by atoms with Crippen LogP contribution in [0.25, 0.3) is 0 Å². The number of hydrogen-bond acceptors (Lipinski definition) is 2. The number of ether oxygens (including phenoxy) is 1. The van der Waals surface area contributed by atoms with Gasteiger partial charge in [-0.05, 0) is 18.2 Å². The summed E-state index contributed by atoms with van der Waals surface area (Å²) in [5.41, 5.74) is 0. The van der Waals surface area contributed by atoms with E-state index in [9.17, 15) is 0 Å². The zero-order valence-electron chi connectivity index (χ0n) is 5.67. The Morgan fingerprint density at radius 1 is 1.78 bits per heavy atom. The average molecular weight is 144 g/mol. The van der Waals surface area contributed by atoms with Crippen molar-refractivity contribution in [2.75, 3.05) is 13.7 Å². The van der Waals surface area contributed by atoms with Crippen LogP contribution < -0.4 is 0 Å². The predicted molar refractivity (Wildman–Crippen MR) is 41.6 cm³/mol. The zero-order chi connectivity index (χ0) is 6.53.